The molecule has 0 fully saturated rings. The van der Waals surface area contributed by atoms with Gasteiger partial charge in [0.15, 0.2) is 15.1 Å². The lowest BCUT2D eigenvalue weighted by molar-refractivity contribution is -0.136. The van der Waals surface area contributed by atoms with Crippen molar-refractivity contribution in [2.24, 2.45) is 0 Å². The SMILES string of the molecule is CCCCCCCCCCCCOc1cccc(S(=O)(=O)C(CC)C(=O)O)c1. The van der Waals surface area contributed by atoms with E-state index in [0.29, 0.717) is 12.4 Å². The number of benzene rings is 1. The summed E-state index contributed by atoms with van der Waals surface area (Å²) >= 11 is 0. The van der Waals surface area contributed by atoms with Crippen LogP contribution in [0.15, 0.2) is 29.2 Å². The van der Waals surface area contributed by atoms with E-state index in [1.54, 1.807) is 19.1 Å². The van der Waals surface area contributed by atoms with Gasteiger partial charge in [-0.1, -0.05) is 77.7 Å². The summed E-state index contributed by atoms with van der Waals surface area (Å²) in [4.78, 5) is 11.2. The van der Waals surface area contributed by atoms with Gasteiger partial charge >= 0.3 is 5.97 Å². The van der Waals surface area contributed by atoms with Gasteiger partial charge in [0.2, 0.25) is 0 Å². The number of carboxylic acids is 1. The van der Waals surface area contributed by atoms with Crippen LogP contribution in [0.4, 0.5) is 0 Å². The fraction of sp³-hybridized carbons (Fsp3) is 0.682. The maximum Gasteiger partial charge on any atom is 0.322 e. The van der Waals surface area contributed by atoms with Crippen molar-refractivity contribution in [1.82, 2.24) is 0 Å². The molecule has 1 rings (SSSR count). The molecule has 0 saturated heterocycles. The second kappa shape index (κ2) is 13.6. The molecule has 0 heterocycles. The van der Waals surface area contributed by atoms with Gasteiger partial charge in [0.25, 0.3) is 0 Å². The molecular formula is C22H36O5S. The number of ether oxygens (including phenoxy) is 1. The van der Waals surface area contributed by atoms with E-state index in [9.17, 15) is 13.2 Å². The zero-order valence-electron chi connectivity index (χ0n) is 17.4. The van der Waals surface area contributed by atoms with Gasteiger partial charge in [-0.2, -0.15) is 0 Å². The molecule has 5 nitrogen and oxygen atoms in total. The molecule has 0 bridgehead atoms. The minimum absolute atomic E-state index is 0.00215. The van der Waals surface area contributed by atoms with Crippen LogP contribution in [-0.2, 0) is 14.6 Å². The van der Waals surface area contributed by atoms with E-state index in [4.69, 9.17) is 9.84 Å². The van der Waals surface area contributed by atoms with Crippen molar-refractivity contribution >= 4 is 15.8 Å². The lowest BCUT2D eigenvalue weighted by atomic mass is 10.1. The van der Waals surface area contributed by atoms with Crippen molar-refractivity contribution in [2.45, 2.75) is 94.6 Å². The molecule has 1 aromatic carbocycles. The van der Waals surface area contributed by atoms with Crippen LogP contribution in [0.1, 0.15) is 84.5 Å². The van der Waals surface area contributed by atoms with Crippen molar-refractivity contribution in [3.63, 3.8) is 0 Å². The molecular weight excluding hydrogens is 376 g/mol. The highest BCUT2D eigenvalue weighted by atomic mass is 32.2. The predicted molar refractivity (Wildman–Crippen MR) is 113 cm³/mol. The van der Waals surface area contributed by atoms with Crippen LogP contribution in [0, 0.1) is 0 Å². The van der Waals surface area contributed by atoms with Gasteiger partial charge in [-0.05, 0) is 31.0 Å². The van der Waals surface area contributed by atoms with Gasteiger partial charge in [0.05, 0.1) is 11.5 Å². The Morgan fingerprint density at radius 3 is 2.07 bits per heavy atom. The summed E-state index contributed by atoms with van der Waals surface area (Å²) in [6, 6.07) is 6.15. The third-order valence-corrected chi connectivity index (χ3v) is 7.12. The van der Waals surface area contributed by atoms with Crippen molar-refractivity contribution in [2.75, 3.05) is 6.61 Å². The molecule has 0 amide bonds. The van der Waals surface area contributed by atoms with E-state index in [2.05, 4.69) is 6.92 Å². The lowest BCUT2D eigenvalue weighted by Gasteiger charge is -2.13. The van der Waals surface area contributed by atoms with Crippen molar-refractivity contribution < 1.29 is 23.1 Å². The molecule has 1 unspecified atom stereocenters. The Morgan fingerprint density at radius 2 is 1.54 bits per heavy atom. The number of unbranched alkanes of at least 4 members (excludes halogenated alkanes) is 9. The molecule has 1 N–H and O–H groups in total. The van der Waals surface area contributed by atoms with Gasteiger partial charge in [0.1, 0.15) is 5.75 Å². The summed E-state index contributed by atoms with van der Waals surface area (Å²) in [5.74, 6) is -0.851. The molecule has 1 atom stereocenters. The molecule has 0 aliphatic heterocycles. The summed E-state index contributed by atoms with van der Waals surface area (Å²) in [5.41, 5.74) is 0. The van der Waals surface area contributed by atoms with Crippen LogP contribution in [0.3, 0.4) is 0 Å². The maximum atomic E-state index is 12.5. The summed E-state index contributed by atoms with van der Waals surface area (Å²) in [6.07, 6.45) is 12.5. The quantitative estimate of drug-likeness (QED) is 0.356. The fourth-order valence-electron chi connectivity index (χ4n) is 3.21. The molecule has 1 aromatic rings. The fourth-order valence-corrected chi connectivity index (χ4v) is 4.79. The molecule has 160 valence electrons. The zero-order chi connectivity index (χ0) is 20.8. The monoisotopic (exact) mass is 412 g/mol. The average molecular weight is 413 g/mol. The number of carboxylic acid groups (broad SMARTS) is 1. The minimum atomic E-state index is -3.91. The molecule has 0 aromatic heterocycles. The highest BCUT2D eigenvalue weighted by Crippen LogP contribution is 2.23. The van der Waals surface area contributed by atoms with Gasteiger partial charge < -0.3 is 9.84 Å². The Balaban J connectivity index is 2.33. The molecule has 6 heteroatoms. The Morgan fingerprint density at radius 1 is 0.964 bits per heavy atom. The van der Waals surface area contributed by atoms with Crippen molar-refractivity contribution in [1.29, 1.82) is 0 Å². The number of carbonyl (C=O) groups is 1. The van der Waals surface area contributed by atoms with E-state index in [1.165, 1.54) is 63.5 Å². The second-order valence-electron chi connectivity index (χ2n) is 7.29. The molecule has 0 aliphatic rings. The smallest absolute Gasteiger partial charge is 0.322 e. The first-order valence-electron chi connectivity index (χ1n) is 10.6. The van der Waals surface area contributed by atoms with Crippen LogP contribution < -0.4 is 4.74 Å². The largest absolute Gasteiger partial charge is 0.494 e. The van der Waals surface area contributed by atoms with Gasteiger partial charge in [-0.15, -0.1) is 0 Å². The first-order chi connectivity index (χ1) is 13.4. The molecule has 28 heavy (non-hydrogen) atoms. The summed E-state index contributed by atoms with van der Waals surface area (Å²) < 4.78 is 30.6. The van der Waals surface area contributed by atoms with Gasteiger partial charge in [-0.3, -0.25) is 4.79 Å². The molecule has 0 radical (unpaired) electrons. The topological polar surface area (TPSA) is 80.7 Å². The van der Waals surface area contributed by atoms with Gasteiger partial charge in [0, 0.05) is 0 Å². The summed E-state index contributed by atoms with van der Waals surface area (Å²) in [5, 5.41) is 7.72. The summed E-state index contributed by atoms with van der Waals surface area (Å²) in [7, 11) is -3.91. The normalized spacial score (nSPS) is 12.6. The zero-order valence-corrected chi connectivity index (χ0v) is 18.2. The third-order valence-electron chi connectivity index (χ3n) is 4.92. The van der Waals surface area contributed by atoms with E-state index in [1.807, 2.05) is 0 Å². The number of sulfone groups is 1. The van der Waals surface area contributed by atoms with E-state index in [0.717, 1.165) is 12.8 Å². The average Bonchev–Trinajstić information content (AvgIpc) is 2.66. The number of aliphatic carboxylic acids is 1. The Labute approximate surface area is 170 Å². The van der Waals surface area contributed by atoms with E-state index in [-0.39, 0.29) is 11.3 Å². The predicted octanol–water partition coefficient (Wildman–Crippen LogP) is 5.62. The highest BCUT2D eigenvalue weighted by Gasteiger charge is 2.32. The Hall–Kier alpha value is -1.56. The second-order valence-corrected chi connectivity index (χ2v) is 9.42. The Bertz CT molecular complexity index is 669. The van der Waals surface area contributed by atoms with Crippen LogP contribution >= 0.6 is 0 Å². The Kier molecular flexibility index (Phi) is 11.9. The lowest BCUT2D eigenvalue weighted by Crippen LogP contribution is -2.29. The first kappa shape index (κ1) is 24.5. The van der Waals surface area contributed by atoms with Crippen LogP contribution in [0.25, 0.3) is 0 Å². The van der Waals surface area contributed by atoms with Crippen LogP contribution in [0.5, 0.6) is 5.75 Å². The van der Waals surface area contributed by atoms with Crippen LogP contribution in [-0.4, -0.2) is 31.4 Å². The highest BCUT2D eigenvalue weighted by molar-refractivity contribution is 7.92. The first-order valence-corrected chi connectivity index (χ1v) is 12.2. The van der Waals surface area contributed by atoms with E-state index < -0.39 is 21.1 Å². The number of hydrogen-bond donors (Lipinski definition) is 1. The standard InChI is InChI=1S/C22H36O5S/c1-3-5-6-7-8-9-10-11-12-13-17-27-19-15-14-16-20(18-19)28(25,26)21(4-2)22(23)24/h14-16,18,21H,3-13,17H2,1-2H3,(H,23,24). The van der Waals surface area contributed by atoms with Crippen LogP contribution in [0.2, 0.25) is 0 Å². The number of rotatable bonds is 16. The maximum absolute atomic E-state index is 12.5. The molecule has 0 spiro atoms. The molecule has 0 saturated carbocycles. The van der Waals surface area contributed by atoms with Gasteiger partial charge in [-0.25, -0.2) is 8.42 Å². The molecule has 0 aliphatic carbocycles. The van der Waals surface area contributed by atoms with E-state index >= 15 is 0 Å². The summed E-state index contributed by atoms with van der Waals surface area (Å²) in [6.45, 7) is 4.33. The minimum Gasteiger partial charge on any atom is -0.494 e. The number of hydrogen-bond acceptors (Lipinski definition) is 4. The van der Waals surface area contributed by atoms with Crippen molar-refractivity contribution in [3.8, 4) is 5.75 Å². The third kappa shape index (κ3) is 8.63. The van der Waals surface area contributed by atoms with Crippen molar-refractivity contribution in [3.05, 3.63) is 24.3 Å².